The van der Waals surface area contributed by atoms with E-state index in [1.54, 1.807) is 45.9 Å². The Morgan fingerprint density at radius 1 is 1.16 bits per heavy atom. The number of hydrogen-bond acceptors (Lipinski definition) is 5. The first-order valence-corrected chi connectivity index (χ1v) is 12.9. The van der Waals surface area contributed by atoms with Gasteiger partial charge in [0, 0.05) is 31.4 Å². The van der Waals surface area contributed by atoms with Crippen molar-refractivity contribution in [2.45, 2.75) is 51.7 Å². The van der Waals surface area contributed by atoms with Gasteiger partial charge >= 0.3 is 11.7 Å². The van der Waals surface area contributed by atoms with Crippen LogP contribution in [0.5, 0.6) is 5.75 Å². The molecule has 0 radical (unpaired) electrons. The Bertz CT molecular complexity index is 1520. The number of amides is 2. The molecule has 1 saturated heterocycles. The maximum absolute atomic E-state index is 13.2. The average Bonchev–Trinajstić information content (AvgIpc) is 3.59. The normalized spacial score (nSPS) is 17.1. The molecule has 1 atom stereocenters. The van der Waals surface area contributed by atoms with Crippen LogP contribution in [-0.4, -0.2) is 39.3 Å². The summed E-state index contributed by atoms with van der Waals surface area (Å²) in [6.45, 7) is 3.65. The monoisotopic (exact) mass is 521 g/mol. The van der Waals surface area contributed by atoms with Gasteiger partial charge in [0.25, 0.3) is 5.56 Å². The number of fused-ring (bicyclic) bond motifs is 1. The van der Waals surface area contributed by atoms with Gasteiger partial charge in [-0.15, -0.1) is 0 Å². The third-order valence-corrected chi connectivity index (χ3v) is 7.38. The van der Waals surface area contributed by atoms with Crippen molar-refractivity contribution in [1.82, 2.24) is 14.0 Å². The molecule has 2 aromatic carbocycles. The second-order valence-corrected chi connectivity index (χ2v) is 10.0. The first kappa shape index (κ1) is 24.9. The summed E-state index contributed by atoms with van der Waals surface area (Å²) in [4.78, 5) is 41.0. The molecule has 1 aliphatic carbocycles. The number of carbonyl (C=O) groups is 1. The molecule has 1 aliphatic heterocycles. The van der Waals surface area contributed by atoms with Gasteiger partial charge in [0.1, 0.15) is 18.4 Å². The molecule has 1 unspecified atom stereocenters. The molecule has 37 heavy (non-hydrogen) atoms. The minimum atomic E-state index is -0.318. The van der Waals surface area contributed by atoms with Crippen LogP contribution in [-0.2, 0) is 13.1 Å². The zero-order valence-electron chi connectivity index (χ0n) is 20.6. The van der Waals surface area contributed by atoms with E-state index in [0.717, 1.165) is 25.7 Å². The van der Waals surface area contributed by atoms with Gasteiger partial charge in [-0.25, -0.2) is 9.59 Å². The van der Waals surface area contributed by atoms with Crippen LogP contribution in [0.4, 0.5) is 10.5 Å². The highest BCUT2D eigenvalue weighted by molar-refractivity contribution is 6.31. The molecular weight excluding hydrogens is 494 g/mol. The summed E-state index contributed by atoms with van der Waals surface area (Å²) >= 11 is 6.09. The van der Waals surface area contributed by atoms with Gasteiger partial charge in [0.15, 0.2) is 0 Å². The van der Waals surface area contributed by atoms with Gasteiger partial charge in [-0.1, -0.05) is 11.6 Å². The summed E-state index contributed by atoms with van der Waals surface area (Å²) in [6.07, 6.45) is 3.71. The van der Waals surface area contributed by atoms with Crippen LogP contribution in [0.2, 0.25) is 5.02 Å². The van der Waals surface area contributed by atoms with E-state index < -0.39 is 0 Å². The second-order valence-electron chi connectivity index (χ2n) is 9.60. The van der Waals surface area contributed by atoms with Crippen LogP contribution in [0, 0.1) is 17.2 Å². The van der Waals surface area contributed by atoms with E-state index in [9.17, 15) is 14.4 Å². The standard InChI is InChI=1S/C27H28ClN5O4/c1-2-31-24-10-8-19(12-22(24)25(34)33(27(31)36)15-17-5-6-17)30-26(35)32-11-3-4-20(32)16-37-21-9-7-18(14-29)23(28)13-21/h7-10,12-13,17,20H,2-6,11,15-16H2,1H3,(H,30,35). The molecule has 0 spiro atoms. The number of nitrogens with zero attached hydrogens (tertiary/aromatic N) is 4. The number of ether oxygens (including phenoxy) is 1. The maximum atomic E-state index is 13.2. The molecule has 1 saturated carbocycles. The molecule has 2 fully saturated rings. The van der Waals surface area contributed by atoms with Crippen LogP contribution < -0.4 is 21.3 Å². The molecule has 10 heteroatoms. The fraction of sp³-hybridized carbons (Fsp3) is 0.407. The number of aryl methyl sites for hydroxylation is 1. The Morgan fingerprint density at radius 2 is 1.97 bits per heavy atom. The Morgan fingerprint density at radius 3 is 2.68 bits per heavy atom. The molecule has 3 aromatic rings. The zero-order chi connectivity index (χ0) is 26.1. The van der Waals surface area contributed by atoms with Gasteiger partial charge in [0.05, 0.1) is 27.5 Å². The lowest BCUT2D eigenvalue weighted by Crippen LogP contribution is -2.42. The first-order chi connectivity index (χ1) is 17.9. The van der Waals surface area contributed by atoms with E-state index in [1.807, 2.05) is 13.0 Å². The third kappa shape index (κ3) is 5.07. The Labute approximate surface area is 218 Å². The molecule has 2 aliphatic rings. The number of likely N-dealkylation sites (tertiary alicyclic amines) is 1. The van der Waals surface area contributed by atoms with Crippen LogP contribution >= 0.6 is 11.6 Å². The minimum Gasteiger partial charge on any atom is -0.491 e. The second kappa shape index (κ2) is 10.3. The summed E-state index contributed by atoms with van der Waals surface area (Å²) < 4.78 is 8.81. The van der Waals surface area contributed by atoms with Crippen molar-refractivity contribution in [3.05, 3.63) is 67.8 Å². The number of anilines is 1. The predicted molar refractivity (Wildman–Crippen MR) is 141 cm³/mol. The van der Waals surface area contributed by atoms with Gasteiger partial charge in [-0.3, -0.25) is 13.9 Å². The average molecular weight is 522 g/mol. The number of urea groups is 1. The topological polar surface area (TPSA) is 109 Å². The summed E-state index contributed by atoms with van der Waals surface area (Å²) in [5.74, 6) is 0.918. The van der Waals surface area contributed by atoms with Crippen molar-refractivity contribution in [2.24, 2.45) is 5.92 Å². The van der Waals surface area contributed by atoms with Crippen molar-refractivity contribution >= 4 is 34.2 Å². The number of aromatic nitrogens is 2. The fourth-order valence-electron chi connectivity index (χ4n) is 4.87. The van der Waals surface area contributed by atoms with Gasteiger partial charge in [-0.05, 0) is 68.9 Å². The highest BCUT2D eigenvalue weighted by Crippen LogP contribution is 2.30. The minimum absolute atomic E-state index is 0.129. The van der Waals surface area contributed by atoms with E-state index in [2.05, 4.69) is 5.32 Å². The SMILES string of the molecule is CCn1c(=O)n(CC2CC2)c(=O)c2cc(NC(=O)N3CCCC3COc3ccc(C#N)c(Cl)c3)ccc21. The quantitative estimate of drug-likeness (QED) is 0.501. The summed E-state index contributed by atoms with van der Waals surface area (Å²) in [5.41, 5.74) is 0.838. The lowest BCUT2D eigenvalue weighted by atomic mass is 10.2. The van der Waals surface area contributed by atoms with Gasteiger partial charge in [-0.2, -0.15) is 5.26 Å². The number of halogens is 1. The van der Waals surface area contributed by atoms with Crippen LogP contribution in [0.15, 0.2) is 46.0 Å². The smallest absolute Gasteiger partial charge is 0.331 e. The number of hydrogen-bond donors (Lipinski definition) is 1. The molecule has 0 bridgehead atoms. The fourth-order valence-corrected chi connectivity index (χ4v) is 5.08. The lowest BCUT2D eigenvalue weighted by molar-refractivity contribution is 0.176. The highest BCUT2D eigenvalue weighted by Gasteiger charge is 2.30. The molecule has 1 aromatic heterocycles. The van der Waals surface area contributed by atoms with Crippen molar-refractivity contribution in [3.8, 4) is 11.8 Å². The predicted octanol–water partition coefficient (Wildman–Crippen LogP) is 4.19. The summed E-state index contributed by atoms with van der Waals surface area (Å²) in [6, 6.07) is 11.6. The molecule has 1 N–H and O–H groups in total. The van der Waals surface area contributed by atoms with Crippen molar-refractivity contribution in [1.29, 1.82) is 5.26 Å². The van der Waals surface area contributed by atoms with Gasteiger partial charge in [0.2, 0.25) is 0 Å². The van der Waals surface area contributed by atoms with E-state index in [4.69, 9.17) is 21.6 Å². The molecular formula is C27H28ClN5O4. The molecule has 2 amide bonds. The largest absolute Gasteiger partial charge is 0.491 e. The number of nitriles is 1. The van der Waals surface area contributed by atoms with E-state index >= 15 is 0 Å². The van der Waals surface area contributed by atoms with Crippen molar-refractivity contribution in [3.63, 3.8) is 0 Å². The number of rotatable bonds is 7. The van der Waals surface area contributed by atoms with Crippen LogP contribution in [0.1, 0.15) is 38.2 Å². The van der Waals surface area contributed by atoms with E-state index in [0.29, 0.717) is 65.1 Å². The number of carbonyl (C=O) groups excluding carboxylic acids is 1. The molecule has 2 heterocycles. The number of nitrogens with one attached hydrogen (secondary N) is 1. The first-order valence-electron chi connectivity index (χ1n) is 12.6. The van der Waals surface area contributed by atoms with Gasteiger partial charge < -0.3 is 15.0 Å². The van der Waals surface area contributed by atoms with E-state index in [1.165, 1.54) is 4.57 Å². The highest BCUT2D eigenvalue weighted by atomic mass is 35.5. The summed E-state index contributed by atoms with van der Waals surface area (Å²) in [7, 11) is 0. The molecule has 9 nitrogen and oxygen atoms in total. The van der Waals surface area contributed by atoms with Crippen molar-refractivity contribution < 1.29 is 9.53 Å². The maximum Gasteiger partial charge on any atom is 0.331 e. The lowest BCUT2D eigenvalue weighted by Gasteiger charge is -2.25. The Balaban J connectivity index is 1.33. The summed E-state index contributed by atoms with van der Waals surface area (Å²) in [5, 5.41) is 12.7. The Kier molecular flexibility index (Phi) is 6.94. The third-order valence-electron chi connectivity index (χ3n) is 7.07. The zero-order valence-corrected chi connectivity index (χ0v) is 21.3. The Hall–Kier alpha value is -3.77. The van der Waals surface area contributed by atoms with Crippen molar-refractivity contribution in [2.75, 3.05) is 18.5 Å². The van der Waals surface area contributed by atoms with Crippen LogP contribution in [0.3, 0.4) is 0 Å². The molecule has 5 rings (SSSR count). The van der Waals surface area contributed by atoms with E-state index in [-0.39, 0.29) is 23.3 Å². The molecule has 192 valence electrons. The van der Waals surface area contributed by atoms with Crippen LogP contribution in [0.25, 0.3) is 10.9 Å². The number of benzene rings is 2.